The Hall–Kier alpha value is -0.170. The van der Waals surface area contributed by atoms with Crippen molar-refractivity contribution in [1.82, 2.24) is 4.31 Å². The number of nitrogens with zero attached hydrogens (tertiary/aromatic N) is 1. The summed E-state index contributed by atoms with van der Waals surface area (Å²) in [7, 11) is -3.20. The minimum atomic E-state index is -3.20. The highest BCUT2D eigenvalue weighted by molar-refractivity contribution is 7.89. The summed E-state index contributed by atoms with van der Waals surface area (Å²) >= 11 is 0. The van der Waals surface area contributed by atoms with Crippen LogP contribution in [0.3, 0.4) is 0 Å². The molecule has 5 nitrogen and oxygen atoms in total. The first kappa shape index (κ1) is 11.3. The maximum atomic E-state index is 11.9. The fourth-order valence-electron chi connectivity index (χ4n) is 2.81. The average molecular weight is 234 g/mol. The third-order valence-corrected chi connectivity index (χ3v) is 5.33. The molecule has 2 aliphatic heterocycles. The van der Waals surface area contributed by atoms with Crippen molar-refractivity contribution in [3.63, 3.8) is 0 Å². The molecule has 2 rings (SSSR count). The van der Waals surface area contributed by atoms with Crippen LogP contribution in [0.1, 0.15) is 25.7 Å². The zero-order chi connectivity index (χ0) is 11.1. The van der Waals surface area contributed by atoms with Crippen molar-refractivity contribution < 1.29 is 13.5 Å². The Morgan fingerprint density at radius 2 is 1.80 bits per heavy atom. The number of aliphatic hydroxyl groups is 1. The number of hydrogen-bond acceptors (Lipinski definition) is 4. The number of sulfonamides is 1. The molecule has 2 fully saturated rings. The van der Waals surface area contributed by atoms with E-state index in [2.05, 4.69) is 0 Å². The molecule has 0 radical (unpaired) electrons. The van der Waals surface area contributed by atoms with E-state index in [1.54, 1.807) is 4.31 Å². The van der Waals surface area contributed by atoms with Crippen LogP contribution < -0.4 is 5.73 Å². The van der Waals surface area contributed by atoms with Gasteiger partial charge in [-0.05, 0) is 25.7 Å². The van der Waals surface area contributed by atoms with Crippen LogP contribution in [0.15, 0.2) is 0 Å². The van der Waals surface area contributed by atoms with E-state index in [-0.39, 0.29) is 30.5 Å². The Balaban J connectivity index is 2.18. The maximum absolute atomic E-state index is 11.9. The highest BCUT2D eigenvalue weighted by atomic mass is 32.2. The first-order valence-corrected chi connectivity index (χ1v) is 7.05. The van der Waals surface area contributed by atoms with Gasteiger partial charge in [-0.25, -0.2) is 8.42 Å². The van der Waals surface area contributed by atoms with Crippen LogP contribution in [0, 0.1) is 0 Å². The van der Waals surface area contributed by atoms with Crippen molar-refractivity contribution in [1.29, 1.82) is 0 Å². The van der Waals surface area contributed by atoms with E-state index in [4.69, 9.17) is 5.73 Å². The number of rotatable bonds is 3. The summed E-state index contributed by atoms with van der Waals surface area (Å²) in [5.41, 5.74) is 5.30. The standard InChI is InChI=1S/C9H18N2O3S/c10-3-4-15(13,14)11-7-1-2-8(11)6-9(12)5-7/h7-9,12H,1-6,10H2. The molecule has 2 heterocycles. The van der Waals surface area contributed by atoms with Gasteiger partial charge < -0.3 is 10.8 Å². The van der Waals surface area contributed by atoms with Crippen LogP contribution in [0.25, 0.3) is 0 Å². The van der Waals surface area contributed by atoms with Gasteiger partial charge in [0.05, 0.1) is 11.9 Å². The van der Waals surface area contributed by atoms with Crippen LogP contribution in [-0.2, 0) is 10.0 Å². The Bertz CT molecular complexity index is 316. The van der Waals surface area contributed by atoms with Crippen molar-refractivity contribution in [3.05, 3.63) is 0 Å². The zero-order valence-corrected chi connectivity index (χ0v) is 9.49. The summed E-state index contributed by atoms with van der Waals surface area (Å²) in [6.07, 6.45) is 2.60. The lowest BCUT2D eigenvalue weighted by atomic mass is 10.0. The molecule has 88 valence electrons. The molecule has 0 saturated carbocycles. The number of piperidine rings is 1. The molecule has 2 unspecified atom stereocenters. The fourth-order valence-corrected chi connectivity index (χ4v) is 4.61. The average Bonchev–Trinajstić information content (AvgIpc) is 2.40. The van der Waals surface area contributed by atoms with Crippen molar-refractivity contribution in [2.24, 2.45) is 5.73 Å². The highest BCUT2D eigenvalue weighted by Crippen LogP contribution is 2.37. The molecule has 0 amide bonds. The molecule has 2 bridgehead atoms. The van der Waals surface area contributed by atoms with Crippen LogP contribution in [0.4, 0.5) is 0 Å². The monoisotopic (exact) mass is 234 g/mol. The molecule has 0 aliphatic carbocycles. The first-order chi connectivity index (χ1) is 7.04. The summed E-state index contributed by atoms with van der Waals surface area (Å²) in [5.74, 6) is 0.0239. The third kappa shape index (κ3) is 2.04. The van der Waals surface area contributed by atoms with E-state index in [1.807, 2.05) is 0 Å². The number of aliphatic hydroxyl groups excluding tert-OH is 1. The molecule has 6 heteroatoms. The van der Waals surface area contributed by atoms with Gasteiger partial charge in [0, 0.05) is 18.6 Å². The topological polar surface area (TPSA) is 83.6 Å². The Kier molecular flexibility index (Phi) is 3.03. The van der Waals surface area contributed by atoms with Gasteiger partial charge in [-0.2, -0.15) is 4.31 Å². The minimum absolute atomic E-state index is 0.00954. The second kappa shape index (κ2) is 4.01. The maximum Gasteiger partial charge on any atom is 0.215 e. The minimum Gasteiger partial charge on any atom is -0.393 e. The quantitative estimate of drug-likeness (QED) is 0.674. The van der Waals surface area contributed by atoms with Crippen LogP contribution >= 0.6 is 0 Å². The van der Waals surface area contributed by atoms with Crippen molar-refractivity contribution in [2.45, 2.75) is 43.9 Å². The van der Waals surface area contributed by atoms with Crippen LogP contribution in [-0.4, -0.2) is 48.3 Å². The van der Waals surface area contributed by atoms with E-state index >= 15 is 0 Å². The van der Waals surface area contributed by atoms with Crippen molar-refractivity contribution in [3.8, 4) is 0 Å². The molecule has 3 N–H and O–H groups in total. The molecular formula is C9H18N2O3S. The van der Waals surface area contributed by atoms with E-state index < -0.39 is 10.0 Å². The molecule has 15 heavy (non-hydrogen) atoms. The predicted octanol–water partition coefficient (Wildman–Crippen LogP) is -0.737. The summed E-state index contributed by atoms with van der Waals surface area (Å²) < 4.78 is 25.4. The van der Waals surface area contributed by atoms with Gasteiger partial charge in [0.15, 0.2) is 0 Å². The van der Waals surface area contributed by atoms with Crippen LogP contribution in [0.2, 0.25) is 0 Å². The Labute approximate surface area is 90.3 Å². The van der Waals surface area contributed by atoms with Gasteiger partial charge in [0.2, 0.25) is 10.0 Å². The SMILES string of the molecule is NCCS(=O)(=O)N1C2CCC1CC(O)C2. The lowest BCUT2D eigenvalue weighted by Gasteiger charge is -2.35. The normalized spacial score (nSPS) is 37.1. The van der Waals surface area contributed by atoms with Crippen molar-refractivity contribution in [2.75, 3.05) is 12.3 Å². The molecule has 0 aromatic rings. The van der Waals surface area contributed by atoms with Gasteiger partial charge >= 0.3 is 0 Å². The zero-order valence-electron chi connectivity index (χ0n) is 8.67. The second-order valence-electron chi connectivity index (χ2n) is 4.44. The Morgan fingerprint density at radius 1 is 1.27 bits per heavy atom. The summed E-state index contributed by atoms with van der Waals surface area (Å²) in [5, 5.41) is 9.56. The summed E-state index contributed by atoms with van der Waals surface area (Å²) in [6.45, 7) is 0.167. The summed E-state index contributed by atoms with van der Waals surface area (Å²) in [6, 6.07) is 0.0191. The molecular weight excluding hydrogens is 216 g/mol. The van der Waals surface area contributed by atoms with E-state index in [0.717, 1.165) is 12.8 Å². The smallest absolute Gasteiger partial charge is 0.215 e. The molecule has 2 saturated heterocycles. The molecule has 2 aliphatic rings. The lowest BCUT2D eigenvalue weighted by molar-refractivity contribution is 0.0769. The van der Waals surface area contributed by atoms with Gasteiger partial charge in [-0.15, -0.1) is 0 Å². The van der Waals surface area contributed by atoms with Gasteiger partial charge in [-0.1, -0.05) is 0 Å². The largest absolute Gasteiger partial charge is 0.393 e. The van der Waals surface area contributed by atoms with E-state index in [0.29, 0.717) is 12.8 Å². The van der Waals surface area contributed by atoms with E-state index in [9.17, 15) is 13.5 Å². The fraction of sp³-hybridized carbons (Fsp3) is 1.00. The van der Waals surface area contributed by atoms with Crippen molar-refractivity contribution >= 4 is 10.0 Å². The van der Waals surface area contributed by atoms with Crippen LogP contribution in [0.5, 0.6) is 0 Å². The summed E-state index contributed by atoms with van der Waals surface area (Å²) in [4.78, 5) is 0. The first-order valence-electron chi connectivity index (χ1n) is 5.44. The number of nitrogens with two attached hydrogens (primary N) is 1. The Morgan fingerprint density at radius 3 is 2.27 bits per heavy atom. The predicted molar refractivity (Wildman–Crippen MR) is 56.7 cm³/mol. The highest BCUT2D eigenvalue weighted by Gasteiger charge is 2.45. The third-order valence-electron chi connectivity index (χ3n) is 3.34. The van der Waals surface area contributed by atoms with E-state index in [1.165, 1.54) is 0 Å². The molecule has 0 aromatic carbocycles. The molecule has 0 aromatic heterocycles. The number of hydrogen-bond donors (Lipinski definition) is 2. The second-order valence-corrected chi connectivity index (χ2v) is 6.44. The lowest BCUT2D eigenvalue weighted by Crippen LogP contribution is -2.49. The number of fused-ring (bicyclic) bond motifs is 2. The van der Waals surface area contributed by atoms with Gasteiger partial charge in [0.25, 0.3) is 0 Å². The van der Waals surface area contributed by atoms with Gasteiger partial charge in [-0.3, -0.25) is 0 Å². The molecule has 2 atom stereocenters. The molecule has 0 spiro atoms. The van der Waals surface area contributed by atoms with Gasteiger partial charge in [0.1, 0.15) is 0 Å².